The Balaban J connectivity index is 0.000000379. The highest BCUT2D eigenvalue weighted by Crippen LogP contribution is 2.22. The molecule has 182 valence electrons. The number of para-hydroxylation sites is 1. The average Bonchev–Trinajstić information content (AvgIpc) is 2.87. The van der Waals surface area contributed by atoms with Gasteiger partial charge in [-0.3, -0.25) is 4.79 Å². The number of hydrogen-bond donors (Lipinski definition) is 2. The van der Waals surface area contributed by atoms with Crippen molar-refractivity contribution in [2.75, 3.05) is 32.8 Å². The lowest BCUT2D eigenvalue weighted by Gasteiger charge is -2.18. The van der Waals surface area contributed by atoms with E-state index in [9.17, 15) is 9.59 Å². The minimum absolute atomic E-state index is 0.0777. The number of carboxylic acids is 1. The number of carbonyl (C=O) groups excluding carboxylic acids is 1. The van der Waals surface area contributed by atoms with Crippen LogP contribution in [0.25, 0.3) is 10.9 Å². The molecule has 1 amide bonds. The van der Waals surface area contributed by atoms with Crippen LogP contribution in [0.1, 0.15) is 54.3 Å². The predicted molar refractivity (Wildman–Crippen MR) is 136 cm³/mol. The van der Waals surface area contributed by atoms with E-state index in [1.807, 2.05) is 24.3 Å². The van der Waals surface area contributed by atoms with E-state index in [2.05, 4.69) is 36.0 Å². The SMILES string of the molecule is CCCCOc1cc(C(=O)NCCN(CC)CC)c2ccccc2n1.O=C(O)c1ccccc1. The minimum atomic E-state index is -0.879. The van der Waals surface area contributed by atoms with Gasteiger partial charge in [0.2, 0.25) is 5.88 Å². The van der Waals surface area contributed by atoms with Gasteiger partial charge in [0.15, 0.2) is 0 Å². The Morgan fingerprint density at radius 1 is 1.00 bits per heavy atom. The third-order valence-corrected chi connectivity index (χ3v) is 5.31. The first-order valence-electron chi connectivity index (χ1n) is 11.8. The molecule has 0 aliphatic rings. The second kappa shape index (κ2) is 14.6. The largest absolute Gasteiger partial charge is 0.478 e. The number of pyridine rings is 1. The van der Waals surface area contributed by atoms with Gasteiger partial charge >= 0.3 is 5.97 Å². The Kier molecular flexibility index (Phi) is 11.5. The highest BCUT2D eigenvalue weighted by molar-refractivity contribution is 6.06. The van der Waals surface area contributed by atoms with Gasteiger partial charge in [0, 0.05) is 24.5 Å². The number of aromatic carboxylic acids is 1. The van der Waals surface area contributed by atoms with Crippen molar-refractivity contribution in [3.05, 3.63) is 71.8 Å². The second-order valence-corrected chi connectivity index (χ2v) is 7.68. The number of carboxylic acid groups (broad SMARTS) is 1. The van der Waals surface area contributed by atoms with Crippen LogP contribution >= 0.6 is 0 Å². The Bertz CT molecular complexity index is 1040. The second-order valence-electron chi connectivity index (χ2n) is 7.68. The van der Waals surface area contributed by atoms with Gasteiger partial charge in [-0.25, -0.2) is 9.78 Å². The van der Waals surface area contributed by atoms with Crippen molar-refractivity contribution in [1.29, 1.82) is 0 Å². The van der Waals surface area contributed by atoms with Crippen LogP contribution in [0.2, 0.25) is 0 Å². The van der Waals surface area contributed by atoms with Gasteiger partial charge in [-0.15, -0.1) is 0 Å². The Labute approximate surface area is 201 Å². The van der Waals surface area contributed by atoms with E-state index >= 15 is 0 Å². The van der Waals surface area contributed by atoms with Crippen molar-refractivity contribution < 1.29 is 19.4 Å². The van der Waals surface area contributed by atoms with Gasteiger partial charge in [-0.2, -0.15) is 0 Å². The van der Waals surface area contributed by atoms with E-state index in [4.69, 9.17) is 9.84 Å². The number of aromatic nitrogens is 1. The maximum Gasteiger partial charge on any atom is 0.335 e. The zero-order valence-electron chi connectivity index (χ0n) is 20.3. The molecule has 0 aliphatic heterocycles. The first-order valence-corrected chi connectivity index (χ1v) is 11.8. The molecule has 0 spiro atoms. The summed E-state index contributed by atoms with van der Waals surface area (Å²) < 4.78 is 5.72. The van der Waals surface area contributed by atoms with Crippen LogP contribution in [0.15, 0.2) is 60.7 Å². The number of unbranched alkanes of at least 4 members (excludes halogenated alkanes) is 1. The molecule has 2 N–H and O–H groups in total. The van der Waals surface area contributed by atoms with Crippen molar-refractivity contribution in [2.45, 2.75) is 33.6 Å². The van der Waals surface area contributed by atoms with E-state index in [0.717, 1.165) is 43.4 Å². The van der Waals surface area contributed by atoms with E-state index < -0.39 is 5.97 Å². The number of benzene rings is 2. The lowest BCUT2D eigenvalue weighted by atomic mass is 10.1. The standard InChI is InChI=1S/C20H29N3O2.C7H6O2/c1-4-7-14-25-19-15-17(16-10-8-9-11-18(16)22-19)20(24)21-12-13-23(5-2)6-3;8-7(9)6-4-2-1-3-5-6/h8-11,15H,4-7,12-14H2,1-3H3,(H,21,24);1-5H,(H,8,9). The van der Waals surface area contributed by atoms with Crippen molar-refractivity contribution in [2.24, 2.45) is 0 Å². The quantitative estimate of drug-likeness (QED) is 0.393. The number of carbonyl (C=O) groups is 2. The zero-order chi connectivity index (χ0) is 24.8. The van der Waals surface area contributed by atoms with Gasteiger partial charge in [0.05, 0.1) is 23.3 Å². The molecule has 0 radical (unpaired) electrons. The molecule has 1 aromatic heterocycles. The summed E-state index contributed by atoms with van der Waals surface area (Å²) in [6.45, 7) is 10.4. The maximum absolute atomic E-state index is 12.7. The average molecular weight is 466 g/mol. The van der Waals surface area contributed by atoms with Crippen molar-refractivity contribution in [3.63, 3.8) is 0 Å². The number of rotatable bonds is 11. The molecule has 2 aromatic carbocycles. The number of nitrogens with one attached hydrogen (secondary N) is 1. The summed E-state index contributed by atoms with van der Waals surface area (Å²) >= 11 is 0. The molecule has 7 nitrogen and oxygen atoms in total. The van der Waals surface area contributed by atoms with Crippen LogP contribution in [0.5, 0.6) is 5.88 Å². The maximum atomic E-state index is 12.7. The third-order valence-electron chi connectivity index (χ3n) is 5.31. The molecule has 3 aromatic rings. The van der Waals surface area contributed by atoms with Gasteiger partial charge in [0.25, 0.3) is 5.91 Å². The van der Waals surface area contributed by atoms with Crippen LogP contribution in [0.3, 0.4) is 0 Å². The van der Waals surface area contributed by atoms with Crippen LogP contribution in [-0.4, -0.2) is 59.7 Å². The van der Waals surface area contributed by atoms with E-state index in [0.29, 0.717) is 30.2 Å². The predicted octanol–water partition coefficient (Wildman–Crippen LogP) is 4.87. The summed E-state index contributed by atoms with van der Waals surface area (Å²) in [6.07, 6.45) is 2.03. The smallest absolute Gasteiger partial charge is 0.335 e. The number of likely N-dealkylation sites (N-methyl/N-ethyl adjacent to an activating group) is 1. The Morgan fingerprint density at radius 3 is 2.29 bits per heavy atom. The van der Waals surface area contributed by atoms with Gasteiger partial charge in [-0.1, -0.05) is 63.6 Å². The number of ether oxygens (including phenoxy) is 1. The first-order chi connectivity index (χ1) is 16.5. The molecule has 0 fully saturated rings. The van der Waals surface area contributed by atoms with E-state index in [1.54, 1.807) is 36.4 Å². The molecule has 0 saturated heterocycles. The molecule has 7 heteroatoms. The Hall–Kier alpha value is -3.45. The van der Waals surface area contributed by atoms with Gasteiger partial charge in [0.1, 0.15) is 0 Å². The van der Waals surface area contributed by atoms with Gasteiger partial charge in [-0.05, 0) is 37.7 Å². The fraction of sp³-hybridized carbons (Fsp3) is 0.370. The number of nitrogens with zero attached hydrogens (tertiary/aromatic N) is 2. The lowest BCUT2D eigenvalue weighted by molar-refractivity contribution is 0.0696. The van der Waals surface area contributed by atoms with E-state index in [1.165, 1.54) is 0 Å². The van der Waals surface area contributed by atoms with Crippen molar-refractivity contribution >= 4 is 22.8 Å². The summed E-state index contributed by atoms with van der Waals surface area (Å²) in [5.74, 6) is -0.442. The van der Waals surface area contributed by atoms with Crippen LogP contribution in [0.4, 0.5) is 0 Å². The van der Waals surface area contributed by atoms with Crippen LogP contribution < -0.4 is 10.1 Å². The summed E-state index contributed by atoms with van der Waals surface area (Å²) in [5, 5.41) is 12.3. The van der Waals surface area contributed by atoms with Crippen LogP contribution in [-0.2, 0) is 0 Å². The molecule has 0 atom stereocenters. The molecular weight excluding hydrogens is 430 g/mol. The monoisotopic (exact) mass is 465 g/mol. The topological polar surface area (TPSA) is 91.8 Å². The fourth-order valence-corrected chi connectivity index (χ4v) is 3.28. The molecule has 0 unspecified atom stereocenters. The number of hydrogen-bond acceptors (Lipinski definition) is 5. The summed E-state index contributed by atoms with van der Waals surface area (Å²) in [7, 11) is 0. The summed E-state index contributed by atoms with van der Waals surface area (Å²) in [4.78, 5) is 29.7. The Morgan fingerprint density at radius 2 is 1.68 bits per heavy atom. The molecule has 1 heterocycles. The van der Waals surface area contributed by atoms with Gasteiger partial charge < -0.3 is 20.1 Å². The molecule has 0 saturated carbocycles. The third kappa shape index (κ3) is 8.48. The molecule has 0 bridgehead atoms. The zero-order valence-corrected chi connectivity index (χ0v) is 20.3. The normalized spacial score (nSPS) is 10.5. The van der Waals surface area contributed by atoms with E-state index in [-0.39, 0.29) is 5.91 Å². The summed E-state index contributed by atoms with van der Waals surface area (Å²) in [5.41, 5.74) is 1.74. The highest BCUT2D eigenvalue weighted by Gasteiger charge is 2.13. The van der Waals surface area contributed by atoms with Crippen molar-refractivity contribution in [3.8, 4) is 5.88 Å². The van der Waals surface area contributed by atoms with Crippen LogP contribution in [0, 0.1) is 0 Å². The highest BCUT2D eigenvalue weighted by atomic mass is 16.5. The summed E-state index contributed by atoms with van der Waals surface area (Å²) in [6, 6.07) is 17.7. The lowest BCUT2D eigenvalue weighted by Crippen LogP contribution is -2.34. The number of fused-ring (bicyclic) bond motifs is 1. The van der Waals surface area contributed by atoms with Crippen molar-refractivity contribution in [1.82, 2.24) is 15.2 Å². The first kappa shape index (κ1) is 26.8. The number of amides is 1. The molecular formula is C27H35N3O4. The molecule has 3 rings (SSSR count). The minimum Gasteiger partial charge on any atom is -0.478 e. The fourth-order valence-electron chi connectivity index (χ4n) is 3.28. The molecule has 34 heavy (non-hydrogen) atoms. The molecule has 0 aliphatic carbocycles.